The molecule has 1 fully saturated rings. The van der Waals surface area contributed by atoms with E-state index in [1.54, 1.807) is 14.2 Å². The van der Waals surface area contributed by atoms with Crippen molar-refractivity contribution in [1.29, 1.82) is 0 Å². The average Bonchev–Trinajstić information content (AvgIpc) is 2.70. The van der Waals surface area contributed by atoms with Crippen molar-refractivity contribution >= 4 is 0 Å². The minimum atomic E-state index is 0.110. The Kier molecular flexibility index (Phi) is 6.36. The van der Waals surface area contributed by atoms with Gasteiger partial charge in [0.15, 0.2) is 11.5 Å². The lowest BCUT2D eigenvalue weighted by Gasteiger charge is -2.36. The summed E-state index contributed by atoms with van der Waals surface area (Å²) >= 11 is 0. The molecule has 26 heavy (non-hydrogen) atoms. The van der Waals surface area contributed by atoms with Gasteiger partial charge in [0.05, 0.1) is 26.9 Å². The fourth-order valence-corrected chi connectivity index (χ4v) is 3.55. The second-order valence-corrected chi connectivity index (χ2v) is 6.27. The standard InChI is InChI=1S/C21H28N2O3/c1-4-26-20-15-16(9-10-19(20)25-3)21(23-13-11-22-12-14-23)17-7-5-6-8-18(17)24-2/h5-10,15,21-22H,4,11-14H2,1-3H3. The van der Waals surface area contributed by atoms with Gasteiger partial charge in [0.1, 0.15) is 5.75 Å². The van der Waals surface area contributed by atoms with Gasteiger partial charge in [-0.05, 0) is 30.7 Å². The van der Waals surface area contributed by atoms with Crippen LogP contribution in [0.2, 0.25) is 0 Å². The van der Waals surface area contributed by atoms with Crippen molar-refractivity contribution in [2.75, 3.05) is 47.0 Å². The molecule has 1 N–H and O–H groups in total. The molecule has 0 aliphatic carbocycles. The van der Waals surface area contributed by atoms with Gasteiger partial charge in [-0.15, -0.1) is 0 Å². The Morgan fingerprint density at radius 2 is 1.69 bits per heavy atom. The number of piperazine rings is 1. The second-order valence-electron chi connectivity index (χ2n) is 6.27. The summed E-state index contributed by atoms with van der Waals surface area (Å²) in [5.74, 6) is 2.45. The van der Waals surface area contributed by atoms with Gasteiger partial charge in [0, 0.05) is 31.7 Å². The number of methoxy groups -OCH3 is 2. The Hall–Kier alpha value is -2.24. The van der Waals surface area contributed by atoms with E-state index in [2.05, 4.69) is 34.5 Å². The van der Waals surface area contributed by atoms with Gasteiger partial charge < -0.3 is 19.5 Å². The summed E-state index contributed by atoms with van der Waals surface area (Å²) in [5.41, 5.74) is 2.35. The van der Waals surface area contributed by atoms with E-state index in [9.17, 15) is 0 Å². The van der Waals surface area contributed by atoms with Gasteiger partial charge in [0.25, 0.3) is 0 Å². The van der Waals surface area contributed by atoms with Crippen molar-refractivity contribution in [2.45, 2.75) is 13.0 Å². The zero-order chi connectivity index (χ0) is 18.4. The third-order valence-corrected chi connectivity index (χ3v) is 4.75. The van der Waals surface area contributed by atoms with Crippen LogP contribution < -0.4 is 19.5 Å². The molecule has 0 spiro atoms. The number of hydrogen-bond donors (Lipinski definition) is 1. The molecule has 1 aliphatic rings. The van der Waals surface area contributed by atoms with Gasteiger partial charge in [0.2, 0.25) is 0 Å². The van der Waals surface area contributed by atoms with Crippen molar-refractivity contribution < 1.29 is 14.2 Å². The van der Waals surface area contributed by atoms with Crippen LogP contribution in [-0.4, -0.2) is 51.9 Å². The molecule has 3 rings (SSSR count). The summed E-state index contributed by atoms with van der Waals surface area (Å²) in [6.07, 6.45) is 0. The van der Waals surface area contributed by atoms with Crippen LogP contribution in [0.25, 0.3) is 0 Å². The Bertz CT molecular complexity index is 714. The molecular formula is C21H28N2O3. The first-order valence-electron chi connectivity index (χ1n) is 9.17. The first-order valence-corrected chi connectivity index (χ1v) is 9.17. The van der Waals surface area contributed by atoms with Crippen LogP contribution in [0.4, 0.5) is 0 Å². The smallest absolute Gasteiger partial charge is 0.161 e. The van der Waals surface area contributed by atoms with Crippen LogP contribution in [0.5, 0.6) is 17.2 Å². The first-order chi connectivity index (χ1) is 12.8. The minimum absolute atomic E-state index is 0.110. The molecule has 1 saturated heterocycles. The molecule has 2 aromatic rings. The first kappa shape index (κ1) is 18.5. The van der Waals surface area contributed by atoms with Crippen LogP contribution in [0.15, 0.2) is 42.5 Å². The molecule has 0 amide bonds. The van der Waals surface area contributed by atoms with Crippen molar-refractivity contribution in [3.63, 3.8) is 0 Å². The number of benzene rings is 2. The van der Waals surface area contributed by atoms with Crippen molar-refractivity contribution in [3.05, 3.63) is 53.6 Å². The molecule has 1 aliphatic heterocycles. The quantitative estimate of drug-likeness (QED) is 0.826. The number of hydrogen-bond acceptors (Lipinski definition) is 5. The highest BCUT2D eigenvalue weighted by Gasteiger charge is 2.27. The molecule has 1 heterocycles. The summed E-state index contributed by atoms with van der Waals surface area (Å²) in [5, 5.41) is 3.43. The number of para-hydroxylation sites is 1. The average molecular weight is 356 g/mol. The number of ether oxygens (including phenoxy) is 3. The normalized spacial score (nSPS) is 16.1. The zero-order valence-corrected chi connectivity index (χ0v) is 15.8. The highest BCUT2D eigenvalue weighted by molar-refractivity contribution is 5.48. The Morgan fingerprint density at radius 3 is 2.38 bits per heavy atom. The summed E-state index contributed by atoms with van der Waals surface area (Å²) in [7, 11) is 3.40. The zero-order valence-electron chi connectivity index (χ0n) is 15.8. The Labute approximate surface area is 155 Å². The predicted molar refractivity (Wildman–Crippen MR) is 103 cm³/mol. The number of nitrogens with one attached hydrogen (secondary N) is 1. The van der Waals surface area contributed by atoms with Gasteiger partial charge in [-0.3, -0.25) is 4.90 Å². The summed E-state index contributed by atoms with van der Waals surface area (Å²) in [4.78, 5) is 2.49. The van der Waals surface area contributed by atoms with Gasteiger partial charge >= 0.3 is 0 Å². The summed E-state index contributed by atoms with van der Waals surface area (Å²) in [6, 6.07) is 14.6. The largest absolute Gasteiger partial charge is 0.496 e. The molecule has 0 bridgehead atoms. The lowest BCUT2D eigenvalue weighted by Crippen LogP contribution is -2.45. The fourth-order valence-electron chi connectivity index (χ4n) is 3.55. The van der Waals surface area contributed by atoms with Crippen molar-refractivity contribution in [1.82, 2.24) is 10.2 Å². The van der Waals surface area contributed by atoms with E-state index in [0.717, 1.165) is 43.4 Å². The number of nitrogens with zero attached hydrogens (tertiary/aromatic N) is 1. The third-order valence-electron chi connectivity index (χ3n) is 4.75. The molecule has 140 valence electrons. The molecule has 0 saturated carbocycles. The number of rotatable bonds is 7. The lowest BCUT2D eigenvalue weighted by atomic mass is 9.95. The van der Waals surface area contributed by atoms with Crippen LogP contribution in [-0.2, 0) is 0 Å². The van der Waals surface area contributed by atoms with E-state index in [0.29, 0.717) is 6.61 Å². The maximum atomic E-state index is 5.81. The summed E-state index contributed by atoms with van der Waals surface area (Å²) < 4.78 is 16.9. The van der Waals surface area contributed by atoms with E-state index in [1.807, 2.05) is 25.1 Å². The van der Waals surface area contributed by atoms with E-state index >= 15 is 0 Å². The van der Waals surface area contributed by atoms with E-state index in [4.69, 9.17) is 14.2 Å². The maximum Gasteiger partial charge on any atom is 0.161 e. The monoisotopic (exact) mass is 356 g/mol. The molecule has 1 unspecified atom stereocenters. The molecular weight excluding hydrogens is 328 g/mol. The Balaban J connectivity index is 2.07. The topological polar surface area (TPSA) is 43.0 Å². The highest BCUT2D eigenvalue weighted by atomic mass is 16.5. The molecule has 0 aromatic heterocycles. The van der Waals surface area contributed by atoms with Crippen molar-refractivity contribution in [2.24, 2.45) is 0 Å². The molecule has 5 nitrogen and oxygen atoms in total. The third kappa shape index (κ3) is 3.94. The predicted octanol–water partition coefficient (Wildman–Crippen LogP) is 3.10. The van der Waals surface area contributed by atoms with Crippen molar-refractivity contribution in [3.8, 4) is 17.2 Å². The lowest BCUT2D eigenvalue weighted by molar-refractivity contribution is 0.195. The van der Waals surface area contributed by atoms with E-state index in [-0.39, 0.29) is 6.04 Å². The minimum Gasteiger partial charge on any atom is -0.496 e. The maximum absolute atomic E-state index is 5.81. The van der Waals surface area contributed by atoms with Crippen LogP contribution >= 0.6 is 0 Å². The van der Waals surface area contributed by atoms with E-state index in [1.165, 1.54) is 11.1 Å². The van der Waals surface area contributed by atoms with Gasteiger partial charge in [-0.1, -0.05) is 24.3 Å². The SMILES string of the molecule is CCOc1cc(C(c2ccccc2OC)N2CCNCC2)ccc1OC. The van der Waals surface area contributed by atoms with Gasteiger partial charge in [-0.25, -0.2) is 0 Å². The fraction of sp³-hybridized carbons (Fsp3) is 0.429. The summed E-state index contributed by atoms with van der Waals surface area (Å²) in [6.45, 7) is 6.53. The van der Waals surface area contributed by atoms with Crippen LogP contribution in [0.1, 0.15) is 24.1 Å². The van der Waals surface area contributed by atoms with Gasteiger partial charge in [-0.2, -0.15) is 0 Å². The van der Waals surface area contributed by atoms with Crippen LogP contribution in [0.3, 0.4) is 0 Å². The van der Waals surface area contributed by atoms with Crippen LogP contribution in [0, 0.1) is 0 Å². The molecule has 5 heteroatoms. The molecule has 1 atom stereocenters. The molecule has 2 aromatic carbocycles. The second kappa shape index (κ2) is 8.92. The Morgan fingerprint density at radius 1 is 0.962 bits per heavy atom. The molecule has 0 radical (unpaired) electrons. The van der Waals surface area contributed by atoms with E-state index < -0.39 is 0 Å². The highest BCUT2D eigenvalue weighted by Crippen LogP contribution is 2.38.